The number of fused-ring (bicyclic) bond motifs is 2. The smallest absolute Gasteiger partial charge is 0.309 e. The molecule has 3 fully saturated rings. The average Bonchev–Trinajstić information content (AvgIpc) is 2.63. The molecular formula is C15H24O4. The molecular weight excluding hydrogens is 244 g/mol. The van der Waals surface area contributed by atoms with Crippen LogP contribution in [0.4, 0.5) is 0 Å². The molecule has 1 aliphatic heterocycles. The van der Waals surface area contributed by atoms with Crippen molar-refractivity contribution >= 4 is 5.97 Å². The lowest BCUT2D eigenvalue weighted by Gasteiger charge is -2.37. The van der Waals surface area contributed by atoms with Crippen LogP contribution in [0.15, 0.2) is 0 Å². The second-order valence-corrected chi connectivity index (χ2v) is 7.20. The summed E-state index contributed by atoms with van der Waals surface area (Å²) in [6, 6.07) is 0. The molecule has 0 aromatic heterocycles. The van der Waals surface area contributed by atoms with Crippen LogP contribution >= 0.6 is 0 Å². The standard InChI is InChI=1S/C15H24O4/c1-7-4-11-9(8(2)14(18)19-11)6-15(3)12(17)5-10(16)13(7)15/h7-13,16-17H,4-6H2,1-3H3/t7-,8-,9-,10+,11-,12+,13-,15-/m1/s1. The predicted octanol–water partition coefficient (Wildman–Crippen LogP) is 1.34. The Hall–Kier alpha value is -0.610. The number of esters is 1. The normalized spacial score (nSPS) is 57.3. The van der Waals surface area contributed by atoms with Crippen molar-refractivity contribution in [2.24, 2.45) is 29.1 Å². The van der Waals surface area contributed by atoms with Crippen LogP contribution in [0, 0.1) is 29.1 Å². The van der Waals surface area contributed by atoms with Crippen molar-refractivity contribution in [1.82, 2.24) is 0 Å². The Kier molecular flexibility index (Phi) is 2.95. The van der Waals surface area contributed by atoms with E-state index in [0.717, 1.165) is 12.8 Å². The minimum atomic E-state index is -0.475. The summed E-state index contributed by atoms with van der Waals surface area (Å²) in [5.74, 6) is 0.379. The molecule has 8 atom stereocenters. The lowest BCUT2D eigenvalue weighted by Crippen LogP contribution is -2.38. The molecule has 0 unspecified atom stereocenters. The zero-order valence-corrected chi connectivity index (χ0v) is 11.9. The fourth-order valence-electron chi connectivity index (χ4n) is 5.00. The highest BCUT2D eigenvalue weighted by Crippen LogP contribution is 2.57. The van der Waals surface area contributed by atoms with E-state index >= 15 is 0 Å². The summed E-state index contributed by atoms with van der Waals surface area (Å²) in [4.78, 5) is 11.8. The molecule has 0 spiro atoms. The van der Waals surface area contributed by atoms with E-state index in [9.17, 15) is 15.0 Å². The lowest BCUT2D eigenvalue weighted by molar-refractivity contribution is -0.144. The van der Waals surface area contributed by atoms with Gasteiger partial charge in [0.2, 0.25) is 0 Å². The Labute approximate surface area is 114 Å². The van der Waals surface area contributed by atoms with E-state index in [2.05, 4.69) is 13.8 Å². The van der Waals surface area contributed by atoms with E-state index in [1.54, 1.807) is 0 Å². The fraction of sp³-hybridized carbons (Fsp3) is 0.933. The zero-order valence-electron chi connectivity index (χ0n) is 11.9. The van der Waals surface area contributed by atoms with Crippen molar-refractivity contribution in [2.75, 3.05) is 0 Å². The van der Waals surface area contributed by atoms with Gasteiger partial charge in [-0.05, 0) is 30.1 Å². The average molecular weight is 268 g/mol. The molecule has 1 saturated heterocycles. The molecule has 0 aromatic carbocycles. The van der Waals surface area contributed by atoms with Crippen LogP contribution in [-0.2, 0) is 9.53 Å². The molecule has 0 radical (unpaired) electrons. The quantitative estimate of drug-likeness (QED) is 0.651. The van der Waals surface area contributed by atoms with E-state index in [4.69, 9.17) is 4.74 Å². The van der Waals surface area contributed by atoms with Crippen molar-refractivity contribution in [3.05, 3.63) is 0 Å². The first kappa shape index (κ1) is 13.4. The van der Waals surface area contributed by atoms with Crippen LogP contribution in [0.5, 0.6) is 0 Å². The van der Waals surface area contributed by atoms with Crippen LogP contribution < -0.4 is 0 Å². The minimum absolute atomic E-state index is 0.0284. The van der Waals surface area contributed by atoms with Gasteiger partial charge in [0.25, 0.3) is 0 Å². The number of aliphatic hydroxyl groups is 2. The van der Waals surface area contributed by atoms with Gasteiger partial charge in [-0.1, -0.05) is 20.8 Å². The van der Waals surface area contributed by atoms with Gasteiger partial charge in [0.1, 0.15) is 6.10 Å². The predicted molar refractivity (Wildman–Crippen MR) is 69.2 cm³/mol. The van der Waals surface area contributed by atoms with Crippen molar-refractivity contribution < 1.29 is 19.7 Å². The van der Waals surface area contributed by atoms with Gasteiger partial charge >= 0.3 is 5.97 Å². The Balaban J connectivity index is 1.96. The SMILES string of the molecule is C[C@@H]1C[C@H]2OC(=O)[C@H](C)[C@H]2C[C@@]2(C)[C@H]1[C@@H](O)C[C@@H]2O. The Bertz CT molecular complexity index is 396. The maximum absolute atomic E-state index is 11.8. The molecule has 3 rings (SSSR count). The summed E-state index contributed by atoms with van der Waals surface area (Å²) < 4.78 is 5.51. The maximum atomic E-state index is 11.8. The Morgan fingerprint density at radius 3 is 2.63 bits per heavy atom. The van der Waals surface area contributed by atoms with Gasteiger partial charge in [-0.25, -0.2) is 0 Å². The summed E-state index contributed by atoms with van der Waals surface area (Å²) in [7, 11) is 0. The largest absolute Gasteiger partial charge is 0.462 e. The number of hydrogen-bond acceptors (Lipinski definition) is 4. The third kappa shape index (κ3) is 1.76. The summed E-state index contributed by atoms with van der Waals surface area (Å²) >= 11 is 0. The van der Waals surface area contributed by atoms with Gasteiger partial charge < -0.3 is 14.9 Å². The Morgan fingerprint density at radius 2 is 1.95 bits per heavy atom. The molecule has 2 N–H and O–H groups in total. The van der Waals surface area contributed by atoms with E-state index in [1.807, 2.05) is 6.92 Å². The topological polar surface area (TPSA) is 66.8 Å². The fourth-order valence-corrected chi connectivity index (χ4v) is 5.00. The van der Waals surface area contributed by atoms with Gasteiger partial charge in [-0.15, -0.1) is 0 Å². The van der Waals surface area contributed by atoms with Gasteiger partial charge in [-0.3, -0.25) is 4.79 Å². The third-order valence-electron chi connectivity index (χ3n) is 6.05. The van der Waals surface area contributed by atoms with Crippen LogP contribution in [0.2, 0.25) is 0 Å². The number of aliphatic hydroxyl groups excluding tert-OH is 2. The van der Waals surface area contributed by atoms with Crippen LogP contribution in [0.3, 0.4) is 0 Å². The molecule has 108 valence electrons. The molecule has 0 aromatic rings. The van der Waals surface area contributed by atoms with Crippen molar-refractivity contribution in [1.29, 1.82) is 0 Å². The third-order valence-corrected chi connectivity index (χ3v) is 6.05. The number of hydrogen-bond donors (Lipinski definition) is 2. The molecule has 3 aliphatic rings. The molecule has 4 nitrogen and oxygen atoms in total. The first-order valence-corrected chi connectivity index (χ1v) is 7.41. The summed E-state index contributed by atoms with van der Waals surface area (Å²) in [6.07, 6.45) is 1.12. The first-order chi connectivity index (χ1) is 8.84. The highest BCUT2D eigenvalue weighted by Gasteiger charge is 2.59. The molecule has 4 heteroatoms. The minimum Gasteiger partial charge on any atom is -0.462 e. The molecule has 0 bridgehead atoms. The molecule has 2 saturated carbocycles. The lowest BCUT2D eigenvalue weighted by atomic mass is 9.68. The second kappa shape index (κ2) is 4.19. The maximum Gasteiger partial charge on any atom is 0.309 e. The van der Waals surface area contributed by atoms with E-state index < -0.39 is 12.2 Å². The van der Waals surface area contributed by atoms with E-state index in [-0.39, 0.29) is 41.2 Å². The van der Waals surface area contributed by atoms with E-state index in [1.165, 1.54) is 0 Å². The number of ether oxygens (including phenoxy) is 1. The number of carbonyl (C=O) groups excluding carboxylic acids is 1. The Morgan fingerprint density at radius 1 is 1.26 bits per heavy atom. The van der Waals surface area contributed by atoms with E-state index in [0.29, 0.717) is 6.42 Å². The first-order valence-electron chi connectivity index (χ1n) is 7.41. The molecule has 0 amide bonds. The number of rotatable bonds is 0. The van der Waals surface area contributed by atoms with Gasteiger partial charge in [0.15, 0.2) is 0 Å². The summed E-state index contributed by atoms with van der Waals surface area (Å²) in [6.45, 7) is 6.12. The van der Waals surface area contributed by atoms with Gasteiger partial charge in [0.05, 0.1) is 18.1 Å². The molecule has 2 aliphatic carbocycles. The second-order valence-electron chi connectivity index (χ2n) is 7.20. The summed E-state index contributed by atoms with van der Waals surface area (Å²) in [5, 5.41) is 20.7. The van der Waals surface area contributed by atoms with Crippen LogP contribution in [0.1, 0.15) is 40.0 Å². The highest BCUT2D eigenvalue weighted by molar-refractivity contribution is 5.74. The van der Waals surface area contributed by atoms with Crippen molar-refractivity contribution in [3.63, 3.8) is 0 Å². The molecule has 19 heavy (non-hydrogen) atoms. The monoisotopic (exact) mass is 268 g/mol. The van der Waals surface area contributed by atoms with Crippen molar-refractivity contribution in [2.45, 2.75) is 58.3 Å². The highest BCUT2D eigenvalue weighted by atomic mass is 16.6. The van der Waals surface area contributed by atoms with Gasteiger partial charge in [-0.2, -0.15) is 0 Å². The summed E-state index contributed by atoms with van der Waals surface area (Å²) in [5.41, 5.74) is -0.291. The number of carbonyl (C=O) groups is 1. The van der Waals surface area contributed by atoms with Crippen LogP contribution in [-0.4, -0.2) is 34.5 Å². The molecule has 1 heterocycles. The zero-order chi connectivity index (χ0) is 13.9. The van der Waals surface area contributed by atoms with Crippen LogP contribution in [0.25, 0.3) is 0 Å². The van der Waals surface area contributed by atoms with Crippen molar-refractivity contribution in [3.8, 4) is 0 Å². The van der Waals surface area contributed by atoms with Gasteiger partial charge in [0, 0.05) is 12.3 Å².